The molecule has 2 rings (SSSR count). The molecule has 0 radical (unpaired) electrons. The van der Waals surface area contributed by atoms with E-state index in [1.165, 1.54) is 11.8 Å². The van der Waals surface area contributed by atoms with Gasteiger partial charge in [0.05, 0.1) is 0 Å². The molecule has 2 nitrogen and oxygen atoms in total. The number of allylic oxidation sites excluding steroid dienone is 1. The van der Waals surface area contributed by atoms with Gasteiger partial charge in [-0.15, -0.1) is 0 Å². The van der Waals surface area contributed by atoms with Gasteiger partial charge in [0, 0.05) is 29.8 Å². The van der Waals surface area contributed by atoms with Gasteiger partial charge in [0.25, 0.3) is 0 Å². The fourth-order valence-electron chi connectivity index (χ4n) is 1.79. The number of halogens is 1. The minimum atomic E-state index is 0.159. The van der Waals surface area contributed by atoms with Crippen molar-refractivity contribution in [2.75, 3.05) is 5.75 Å². The summed E-state index contributed by atoms with van der Waals surface area (Å²) in [5, 5.41) is 2.74. The zero-order valence-corrected chi connectivity index (χ0v) is 12.2. The van der Waals surface area contributed by atoms with Crippen LogP contribution < -0.4 is 0 Å². The van der Waals surface area contributed by atoms with Gasteiger partial charge in [-0.25, -0.2) is 4.98 Å². The summed E-state index contributed by atoms with van der Waals surface area (Å²) in [5.74, 6) is 0.810. The Morgan fingerprint density at radius 3 is 2.84 bits per heavy atom. The highest BCUT2D eigenvalue weighted by molar-refractivity contribution is 8.13. The minimum Gasteiger partial charge on any atom is -0.288 e. The molecule has 1 aromatic heterocycles. The largest absolute Gasteiger partial charge is 0.288 e. The number of pyridine rings is 1. The average molecular weight is 292 g/mol. The number of benzene rings is 1. The van der Waals surface area contributed by atoms with Gasteiger partial charge in [-0.3, -0.25) is 4.79 Å². The molecule has 0 saturated heterocycles. The number of fused-ring (bicyclic) bond motifs is 1. The van der Waals surface area contributed by atoms with Crippen LogP contribution in [0.1, 0.15) is 18.9 Å². The molecule has 0 unspecified atom stereocenters. The maximum Gasteiger partial charge on any atom is 0.185 e. The van der Waals surface area contributed by atoms with Gasteiger partial charge in [-0.1, -0.05) is 59.8 Å². The highest BCUT2D eigenvalue weighted by Crippen LogP contribution is 2.25. The highest BCUT2D eigenvalue weighted by Gasteiger charge is 2.02. The van der Waals surface area contributed by atoms with Crippen molar-refractivity contribution in [1.29, 1.82) is 0 Å². The number of hydrogen-bond acceptors (Lipinski definition) is 3. The van der Waals surface area contributed by atoms with Gasteiger partial charge >= 0.3 is 0 Å². The number of carbonyl (C=O) groups is 1. The third-order valence-electron chi connectivity index (χ3n) is 2.66. The van der Waals surface area contributed by atoms with Crippen LogP contribution in [0.3, 0.4) is 0 Å². The van der Waals surface area contributed by atoms with E-state index in [4.69, 9.17) is 11.6 Å². The Balaban J connectivity index is 2.15. The molecule has 0 aliphatic carbocycles. The van der Waals surface area contributed by atoms with Crippen LogP contribution in [0.4, 0.5) is 0 Å². The number of nitrogens with zero attached hydrogens (tertiary/aromatic N) is 1. The molecule has 1 heterocycles. The lowest BCUT2D eigenvalue weighted by atomic mass is 10.1. The first-order chi connectivity index (χ1) is 9.18. The highest BCUT2D eigenvalue weighted by atomic mass is 35.5. The maximum absolute atomic E-state index is 10.8. The second-order valence-electron chi connectivity index (χ2n) is 4.08. The van der Waals surface area contributed by atoms with E-state index < -0.39 is 0 Å². The van der Waals surface area contributed by atoms with Crippen molar-refractivity contribution in [3.63, 3.8) is 0 Å². The molecule has 4 heteroatoms. The van der Waals surface area contributed by atoms with Gasteiger partial charge in [-0.05, 0) is 11.8 Å². The molecule has 1 aromatic carbocycles. The van der Waals surface area contributed by atoms with E-state index in [9.17, 15) is 4.79 Å². The summed E-state index contributed by atoms with van der Waals surface area (Å²) in [6.07, 6.45) is 6.74. The fraction of sp³-hybridized carbons (Fsp3) is 0.200. The lowest BCUT2D eigenvalue weighted by molar-refractivity contribution is -0.109. The van der Waals surface area contributed by atoms with Crippen LogP contribution in [0.15, 0.2) is 36.5 Å². The van der Waals surface area contributed by atoms with Crippen LogP contribution in [0.2, 0.25) is 5.15 Å². The smallest absolute Gasteiger partial charge is 0.185 e. The number of thioether (sulfide) groups is 1. The van der Waals surface area contributed by atoms with E-state index in [1.807, 2.05) is 30.3 Å². The van der Waals surface area contributed by atoms with Crippen molar-refractivity contribution >= 4 is 45.3 Å². The quantitative estimate of drug-likeness (QED) is 0.610. The average Bonchev–Trinajstić information content (AvgIpc) is 2.41. The Morgan fingerprint density at radius 1 is 1.37 bits per heavy atom. The second-order valence-corrected chi connectivity index (χ2v) is 5.71. The van der Waals surface area contributed by atoms with E-state index in [-0.39, 0.29) is 5.12 Å². The second kappa shape index (κ2) is 6.73. The predicted octanol–water partition coefficient (Wildman–Crippen LogP) is 4.57. The SMILES string of the molecule is CC(=O)SCCC=Cc1cnc(Cl)c2ccccc12. The standard InChI is InChI=1S/C15H14ClNOS/c1-11(18)19-9-5-4-6-12-10-17-15(16)14-8-3-2-7-13(12)14/h2-4,6-8,10H,5,9H2,1H3. The van der Waals surface area contributed by atoms with Crippen LogP contribution in [-0.2, 0) is 4.79 Å². The van der Waals surface area contributed by atoms with Crippen molar-refractivity contribution in [3.05, 3.63) is 47.3 Å². The third kappa shape index (κ3) is 3.82. The molecule has 0 atom stereocenters. The van der Waals surface area contributed by atoms with Crippen LogP contribution in [-0.4, -0.2) is 15.9 Å². The predicted molar refractivity (Wildman–Crippen MR) is 83.5 cm³/mol. The monoisotopic (exact) mass is 291 g/mol. The lowest BCUT2D eigenvalue weighted by Gasteiger charge is -2.03. The van der Waals surface area contributed by atoms with Gasteiger partial charge < -0.3 is 0 Å². The van der Waals surface area contributed by atoms with E-state index in [0.717, 1.165) is 28.5 Å². The van der Waals surface area contributed by atoms with E-state index in [0.29, 0.717) is 5.15 Å². The third-order valence-corrected chi connectivity index (χ3v) is 3.81. The molecule has 0 bridgehead atoms. The minimum absolute atomic E-state index is 0.159. The maximum atomic E-state index is 10.8. The molecule has 2 aromatic rings. The number of hydrogen-bond donors (Lipinski definition) is 0. The normalized spacial score (nSPS) is 11.3. The Labute approximate surface area is 121 Å². The molecule has 0 fully saturated rings. The van der Waals surface area contributed by atoms with Gasteiger partial charge in [0.1, 0.15) is 5.15 Å². The summed E-state index contributed by atoms with van der Waals surface area (Å²) in [6.45, 7) is 1.59. The van der Waals surface area contributed by atoms with Crippen molar-refractivity contribution in [3.8, 4) is 0 Å². The van der Waals surface area contributed by atoms with E-state index >= 15 is 0 Å². The Morgan fingerprint density at radius 2 is 2.11 bits per heavy atom. The molecule has 0 spiro atoms. The number of carbonyl (C=O) groups excluding carboxylic acids is 1. The summed E-state index contributed by atoms with van der Waals surface area (Å²) in [4.78, 5) is 15.0. The van der Waals surface area contributed by atoms with Gasteiger partial charge in [0.15, 0.2) is 5.12 Å². The number of rotatable bonds is 4. The number of aromatic nitrogens is 1. The molecule has 19 heavy (non-hydrogen) atoms. The summed E-state index contributed by atoms with van der Waals surface area (Å²) in [7, 11) is 0. The van der Waals surface area contributed by atoms with Crippen LogP contribution in [0.5, 0.6) is 0 Å². The summed E-state index contributed by atoms with van der Waals surface area (Å²) < 4.78 is 0. The lowest BCUT2D eigenvalue weighted by Crippen LogP contribution is -1.85. The van der Waals surface area contributed by atoms with Crippen molar-refractivity contribution in [1.82, 2.24) is 4.98 Å². The first-order valence-electron chi connectivity index (χ1n) is 6.01. The van der Waals surface area contributed by atoms with Crippen LogP contribution in [0.25, 0.3) is 16.8 Å². The zero-order valence-electron chi connectivity index (χ0n) is 10.6. The Bertz CT molecular complexity index is 625. The molecule has 0 aliphatic heterocycles. The van der Waals surface area contributed by atoms with E-state index in [2.05, 4.69) is 11.1 Å². The molecule has 0 amide bonds. The van der Waals surface area contributed by atoms with Gasteiger partial charge in [-0.2, -0.15) is 0 Å². The summed E-state index contributed by atoms with van der Waals surface area (Å²) in [6, 6.07) is 7.94. The molecule has 0 N–H and O–H groups in total. The first-order valence-corrected chi connectivity index (χ1v) is 7.38. The van der Waals surface area contributed by atoms with Gasteiger partial charge in [0.2, 0.25) is 0 Å². The van der Waals surface area contributed by atoms with Crippen molar-refractivity contribution < 1.29 is 4.79 Å². The zero-order chi connectivity index (χ0) is 13.7. The van der Waals surface area contributed by atoms with Crippen molar-refractivity contribution in [2.45, 2.75) is 13.3 Å². The fourth-order valence-corrected chi connectivity index (χ4v) is 2.55. The van der Waals surface area contributed by atoms with Crippen molar-refractivity contribution in [2.24, 2.45) is 0 Å². The Kier molecular flexibility index (Phi) is 5.00. The topological polar surface area (TPSA) is 30.0 Å². The first kappa shape index (κ1) is 14.1. The summed E-state index contributed by atoms with van der Waals surface area (Å²) in [5.41, 5.74) is 1.05. The summed E-state index contributed by atoms with van der Waals surface area (Å²) >= 11 is 7.42. The Hall–Kier alpha value is -1.32. The van der Waals surface area contributed by atoms with Crippen LogP contribution >= 0.6 is 23.4 Å². The van der Waals surface area contributed by atoms with Crippen LogP contribution in [0, 0.1) is 0 Å². The molecular weight excluding hydrogens is 278 g/mol. The molecule has 0 aliphatic rings. The van der Waals surface area contributed by atoms with E-state index in [1.54, 1.807) is 13.1 Å². The molecule has 0 saturated carbocycles. The molecular formula is C15H14ClNOS. The molecule has 98 valence electrons.